The van der Waals surface area contributed by atoms with Crippen molar-refractivity contribution in [3.63, 3.8) is 0 Å². The molecule has 1 unspecified atom stereocenters. The number of aromatic nitrogens is 2. The van der Waals surface area contributed by atoms with Crippen molar-refractivity contribution in [1.29, 1.82) is 0 Å². The molecule has 1 atom stereocenters. The van der Waals surface area contributed by atoms with E-state index in [0.717, 1.165) is 16.9 Å². The van der Waals surface area contributed by atoms with E-state index in [0.29, 0.717) is 36.3 Å². The lowest BCUT2D eigenvalue weighted by molar-refractivity contribution is -0.134. The second-order valence-corrected chi connectivity index (χ2v) is 8.61. The van der Waals surface area contributed by atoms with Crippen molar-refractivity contribution in [2.45, 2.75) is 25.7 Å². The van der Waals surface area contributed by atoms with Gasteiger partial charge in [-0.1, -0.05) is 48.6 Å². The molecular formula is C25H30N4O4S. The van der Waals surface area contributed by atoms with E-state index < -0.39 is 0 Å². The zero-order valence-electron chi connectivity index (χ0n) is 19.7. The molecule has 0 fully saturated rings. The lowest BCUT2D eigenvalue weighted by Gasteiger charge is -2.27. The molecule has 2 aromatic carbocycles. The lowest BCUT2D eigenvalue weighted by Crippen LogP contribution is -2.39. The van der Waals surface area contributed by atoms with E-state index in [4.69, 9.17) is 9.47 Å². The standard InChI is InChI=1S/C25H30N4O4S/c1-4-21(18-8-6-5-7-9-18)24(31)29(16-17-32-2)15-14-22(30)26-25-28-27-23(34-25)19-10-12-20(33-3)13-11-19/h5-13,21H,4,14-17H2,1-3H3,(H,26,28,30). The van der Waals surface area contributed by atoms with Crippen molar-refractivity contribution < 1.29 is 19.1 Å². The van der Waals surface area contributed by atoms with Gasteiger partial charge in [0.05, 0.1) is 19.6 Å². The SMILES string of the molecule is CCC(C(=O)N(CCOC)CCC(=O)Nc1nnc(-c2ccc(OC)cc2)s1)c1ccccc1. The van der Waals surface area contributed by atoms with Crippen LogP contribution in [0.4, 0.5) is 5.13 Å². The molecule has 0 saturated heterocycles. The molecule has 0 bridgehead atoms. The van der Waals surface area contributed by atoms with Crippen LogP contribution in [0.15, 0.2) is 54.6 Å². The van der Waals surface area contributed by atoms with Gasteiger partial charge in [-0.2, -0.15) is 0 Å². The number of rotatable bonds is 12. The Morgan fingerprint density at radius 3 is 2.41 bits per heavy atom. The van der Waals surface area contributed by atoms with Crippen molar-refractivity contribution >= 4 is 28.3 Å². The summed E-state index contributed by atoms with van der Waals surface area (Å²) < 4.78 is 10.4. The van der Waals surface area contributed by atoms with Crippen LogP contribution in [0.25, 0.3) is 10.6 Å². The van der Waals surface area contributed by atoms with Crippen molar-refractivity contribution in [3.8, 4) is 16.3 Å². The number of benzene rings is 2. The third kappa shape index (κ3) is 6.85. The molecule has 1 heterocycles. The molecule has 0 spiro atoms. The molecule has 34 heavy (non-hydrogen) atoms. The number of methoxy groups -OCH3 is 2. The molecule has 2 amide bonds. The quantitative estimate of drug-likeness (QED) is 0.416. The molecule has 9 heteroatoms. The Morgan fingerprint density at radius 2 is 1.76 bits per heavy atom. The second-order valence-electron chi connectivity index (χ2n) is 7.63. The number of nitrogens with one attached hydrogen (secondary N) is 1. The van der Waals surface area contributed by atoms with Gasteiger partial charge in [-0.25, -0.2) is 0 Å². The van der Waals surface area contributed by atoms with Crippen LogP contribution in [0.2, 0.25) is 0 Å². The van der Waals surface area contributed by atoms with Crippen molar-refractivity contribution in [1.82, 2.24) is 15.1 Å². The van der Waals surface area contributed by atoms with E-state index in [1.54, 1.807) is 19.1 Å². The molecule has 0 radical (unpaired) electrons. The van der Waals surface area contributed by atoms with Crippen LogP contribution in [0.3, 0.4) is 0 Å². The largest absolute Gasteiger partial charge is 0.497 e. The van der Waals surface area contributed by atoms with Gasteiger partial charge in [0.2, 0.25) is 16.9 Å². The van der Waals surface area contributed by atoms with Gasteiger partial charge in [0, 0.05) is 32.2 Å². The van der Waals surface area contributed by atoms with Gasteiger partial charge in [0.25, 0.3) is 0 Å². The molecule has 1 aromatic heterocycles. The zero-order valence-corrected chi connectivity index (χ0v) is 20.5. The van der Waals surface area contributed by atoms with E-state index >= 15 is 0 Å². The maximum atomic E-state index is 13.3. The number of carbonyl (C=O) groups excluding carboxylic acids is 2. The summed E-state index contributed by atoms with van der Waals surface area (Å²) in [5.41, 5.74) is 1.86. The summed E-state index contributed by atoms with van der Waals surface area (Å²) >= 11 is 1.29. The smallest absolute Gasteiger partial charge is 0.230 e. The van der Waals surface area contributed by atoms with Crippen molar-refractivity contribution in [3.05, 3.63) is 60.2 Å². The van der Waals surface area contributed by atoms with Gasteiger partial charge in [0.15, 0.2) is 0 Å². The molecule has 0 aliphatic heterocycles. The number of amides is 2. The summed E-state index contributed by atoms with van der Waals surface area (Å²) in [5, 5.41) is 12.1. The highest BCUT2D eigenvalue weighted by molar-refractivity contribution is 7.18. The van der Waals surface area contributed by atoms with Crippen LogP contribution in [0.5, 0.6) is 5.75 Å². The molecule has 180 valence electrons. The fraction of sp³-hybridized carbons (Fsp3) is 0.360. The molecular weight excluding hydrogens is 452 g/mol. The number of carbonyl (C=O) groups is 2. The summed E-state index contributed by atoms with van der Waals surface area (Å²) in [6, 6.07) is 17.2. The Bertz CT molecular complexity index is 1060. The Labute approximate surface area is 203 Å². The summed E-state index contributed by atoms with van der Waals surface area (Å²) in [5.74, 6) is 0.278. The van der Waals surface area contributed by atoms with Gasteiger partial charge in [-0.3, -0.25) is 9.59 Å². The maximum absolute atomic E-state index is 13.3. The third-order valence-corrected chi connectivity index (χ3v) is 6.29. The number of anilines is 1. The zero-order chi connectivity index (χ0) is 24.3. The third-order valence-electron chi connectivity index (χ3n) is 5.40. The minimum atomic E-state index is -0.253. The Morgan fingerprint density at radius 1 is 1.03 bits per heavy atom. The monoisotopic (exact) mass is 482 g/mol. The number of hydrogen-bond acceptors (Lipinski definition) is 7. The lowest BCUT2D eigenvalue weighted by atomic mass is 9.95. The van der Waals surface area contributed by atoms with Gasteiger partial charge in [0.1, 0.15) is 10.8 Å². The van der Waals surface area contributed by atoms with Crippen LogP contribution >= 0.6 is 11.3 Å². The van der Waals surface area contributed by atoms with Crippen LogP contribution in [0.1, 0.15) is 31.2 Å². The molecule has 0 aliphatic rings. The van der Waals surface area contributed by atoms with E-state index in [-0.39, 0.29) is 24.2 Å². The van der Waals surface area contributed by atoms with Gasteiger partial charge >= 0.3 is 0 Å². The van der Waals surface area contributed by atoms with E-state index in [9.17, 15) is 9.59 Å². The summed E-state index contributed by atoms with van der Waals surface area (Å²) in [4.78, 5) is 27.6. The summed E-state index contributed by atoms with van der Waals surface area (Å²) in [6.07, 6.45) is 0.829. The Kier molecular flexibility index (Phi) is 9.54. The molecule has 0 aliphatic carbocycles. The van der Waals surface area contributed by atoms with E-state index in [1.165, 1.54) is 11.3 Å². The minimum Gasteiger partial charge on any atom is -0.497 e. The maximum Gasteiger partial charge on any atom is 0.230 e. The second kappa shape index (κ2) is 12.8. The predicted molar refractivity (Wildman–Crippen MR) is 133 cm³/mol. The first kappa shape index (κ1) is 25.3. The highest BCUT2D eigenvalue weighted by atomic mass is 32.1. The van der Waals surface area contributed by atoms with Crippen LogP contribution in [0, 0.1) is 0 Å². The molecule has 1 N–H and O–H groups in total. The van der Waals surface area contributed by atoms with Gasteiger partial charge < -0.3 is 19.7 Å². The number of hydrogen-bond donors (Lipinski definition) is 1. The van der Waals surface area contributed by atoms with Gasteiger partial charge in [-0.15, -0.1) is 10.2 Å². The topological polar surface area (TPSA) is 93.7 Å². The van der Waals surface area contributed by atoms with Crippen LogP contribution < -0.4 is 10.1 Å². The number of ether oxygens (including phenoxy) is 2. The van der Waals surface area contributed by atoms with E-state index in [1.807, 2.05) is 61.5 Å². The summed E-state index contributed by atoms with van der Waals surface area (Å²) in [6.45, 7) is 3.11. The Balaban J connectivity index is 1.60. The highest BCUT2D eigenvalue weighted by Gasteiger charge is 2.25. The minimum absolute atomic E-state index is 0.00347. The highest BCUT2D eigenvalue weighted by Crippen LogP contribution is 2.28. The van der Waals surface area contributed by atoms with Crippen LogP contribution in [-0.2, 0) is 14.3 Å². The molecule has 0 saturated carbocycles. The average Bonchev–Trinajstić information content (AvgIpc) is 3.33. The first-order chi connectivity index (χ1) is 16.5. The first-order valence-electron chi connectivity index (χ1n) is 11.2. The normalized spacial score (nSPS) is 11.6. The van der Waals surface area contributed by atoms with Gasteiger partial charge in [-0.05, 0) is 36.2 Å². The molecule has 3 aromatic rings. The number of nitrogens with zero attached hydrogens (tertiary/aromatic N) is 3. The van der Waals surface area contributed by atoms with E-state index in [2.05, 4.69) is 15.5 Å². The molecule has 3 rings (SSSR count). The fourth-order valence-corrected chi connectivity index (χ4v) is 4.30. The first-order valence-corrected chi connectivity index (χ1v) is 12.0. The predicted octanol–water partition coefficient (Wildman–Crippen LogP) is 4.21. The fourth-order valence-electron chi connectivity index (χ4n) is 3.53. The van der Waals surface area contributed by atoms with Crippen molar-refractivity contribution in [2.24, 2.45) is 0 Å². The average molecular weight is 483 g/mol. The summed E-state index contributed by atoms with van der Waals surface area (Å²) in [7, 11) is 3.21. The Hall–Kier alpha value is -3.30. The van der Waals surface area contributed by atoms with Crippen molar-refractivity contribution in [2.75, 3.05) is 39.2 Å². The molecule has 8 nitrogen and oxygen atoms in total. The van der Waals surface area contributed by atoms with Crippen LogP contribution in [-0.4, -0.2) is 60.8 Å².